The summed E-state index contributed by atoms with van der Waals surface area (Å²) in [5, 5.41) is 0.305. The van der Waals surface area contributed by atoms with Gasteiger partial charge in [-0.3, -0.25) is 0 Å². The Hall–Kier alpha value is -1.79. The first-order valence-corrected chi connectivity index (χ1v) is 7.51. The zero-order valence-electron chi connectivity index (χ0n) is 12.1. The highest BCUT2D eigenvalue weighted by atomic mass is 35.5. The number of para-hydroxylation sites is 1. The predicted molar refractivity (Wildman–Crippen MR) is 90.6 cm³/mol. The molecule has 0 heterocycles. The van der Waals surface area contributed by atoms with E-state index in [1.165, 1.54) is 17.0 Å². The molecule has 23 heavy (non-hydrogen) atoms. The van der Waals surface area contributed by atoms with Gasteiger partial charge in [0.2, 0.25) is 0 Å². The van der Waals surface area contributed by atoms with Crippen molar-refractivity contribution in [1.82, 2.24) is 0 Å². The summed E-state index contributed by atoms with van der Waals surface area (Å²) in [5.74, 6) is 0. The number of halogens is 4. The van der Waals surface area contributed by atoms with Crippen LogP contribution in [0.2, 0.25) is 5.02 Å². The Morgan fingerprint density at radius 2 is 1.70 bits per heavy atom. The second-order valence-corrected chi connectivity index (χ2v) is 5.75. The Labute approximate surface area is 142 Å². The molecule has 0 aliphatic carbocycles. The first-order valence-electron chi connectivity index (χ1n) is 6.72. The van der Waals surface area contributed by atoms with Gasteiger partial charge in [0.05, 0.1) is 22.3 Å². The number of rotatable bonds is 3. The van der Waals surface area contributed by atoms with Crippen LogP contribution in [0.5, 0.6) is 0 Å². The van der Waals surface area contributed by atoms with Crippen molar-refractivity contribution < 1.29 is 13.2 Å². The van der Waals surface area contributed by atoms with Crippen molar-refractivity contribution in [2.45, 2.75) is 19.1 Å². The van der Waals surface area contributed by atoms with Crippen molar-refractivity contribution in [3.05, 3.63) is 64.7 Å². The molecule has 7 heteroatoms. The number of nitrogens with two attached hydrogens (primary N) is 1. The molecule has 0 fully saturated rings. The van der Waals surface area contributed by atoms with E-state index in [1.54, 1.807) is 37.3 Å². The van der Waals surface area contributed by atoms with Gasteiger partial charge in [-0.05, 0) is 42.9 Å². The predicted octanol–water partition coefficient (Wildman–Crippen LogP) is 5.17. The van der Waals surface area contributed by atoms with Crippen LogP contribution in [-0.2, 0) is 6.18 Å². The molecule has 0 bridgehead atoms. The normalized spacial score (nSPS) is 12.7. The Morgan fingerprint density at radius 3 is 2.26 bits per heavy atom. The van der Waals surface area contributed by atoms with Crippen LogP contribution in [0.3, 0.4) is 0 Å². The zero-order valence-corrected chi connectivity index (χ0v) is 13.7. The summed E-state index contributed by atoms with van der Waals surface area (Å²) in [7, 11) is 0. The molecule has 0 saturated heterocycles. The lowest BCUT2D eigenvalue weighted by atomic mass is 9.99. The monoisotopic (exact) mass is 358 g/mol. The van der Waals surface area contributed by atoms with Crippen molar-refractivity contribution in [2.24, 2.45) is 5.73 Å². The number of anilines is 1. The van der Waals surface area contributed by atoms with Gasteiger partial charge >= 0.3 is 6.18 Å². The van der Waals surface area contributed by atoms with E-state index in [0.29, 0.717) is 10.7 Å². The summed E-state index contributed by atoms with van der Waals surface area (Å²) >= 11 is 11.2. The Balaban J connectivity index is 2.55. The molecule has 2 nitrogen and oxygen atoms in total. The number of hydrogen-bond donors (Lipinski definition) is 1. The number of hydrogen-bond acceptors (Lipinski definition) is 1. The second-order valence-electron chi connectivity index (χ2n) is 4.92. The first-order chi connectivity index (χ1) is 10.7. The molecule has 0 aliphatic rings. The van der Waals surface area contributed by atoms with E-state index >= 15 is 0 Å². The minimum Gasteiger partial charge on any atom is -0.376 e. The Kier molecular flexibility index (Phi) is 5.16. The summed E-state index contributed by atoms with van der Waals surface area (Å²) in [5.41, 5.74) is 5.57. The van der Waals surface area contributed by atoms with Gasteiger partial charge in [-0.1, -0.05) is 41.9 Å². The molecule has 0 spiro atoms. The van der Waals surface area contributed by atoms with Crippen LogP contribution in [-0.4, -0.2) is 5.11 Å². The maximum absolute atomic E-state index is 13.2. The van der Waals surface area contributed by atoms with E-state index in [1.807, 2.05) is 0 Å². The zero-order chi connectivity index (χ0) is 17.2. The van der Waals surface area contributed by atoms with Gasteiger partial charge in [0.25, 0.3) is 0 Å². The van der Waals surface area contributed by atoms with Gasteiger partial charge < -0.3 is 10.6 Å². The number of alkyl halides is 3. The first kappa shape index (κ1) is 17.6. The highest BCUT2D eigenvalue weighted by Gasteiger charge is 2.35. The minimum absolute atomic E-state index is 0.0532. The summed E-state index contributed by atoms with van der Waals surface area (Å²) in [6.07, 6.45) is -4.47. The van der Waals surface area contributed by atoms with Crippen LogP contribution in [0.15, 0.2) is 48.5 Å². The van der Waals surface area contributed by atoms with Crippen molar-refractivity contribution >= 4 is 34.6 Å². The average molecular weight is 359 g/mol. The van der Waals surface area contributed by atoms with Crippen molar-refractivity contribution in [3.8, 4) is 0 Å². The summed E-state index contributed by atoms with van der Waals surface area (Å²) < 4.78 is 39.7. The van der Waals surface area contributed by atoms with Crippen LogP contribution in [0, 0.1) is 0 Å². The molecular formula is C16H14ClF3N2S. The number of benzene rings is 2. The lowest BCUT2D eigenvalue weighted by Gasteiger charge is -2.32. The molecule has 2 rings (SSSR count). The largest absolute Gasteiger partial charge is 0.416 e. The quantitative estimate of drug-likeness (QED) is 0.767. The molecular weight excluding hydrogens is 345 g/mol. The smallest absolute Gasteiger partial charge is 0.376 e. The number of nitrogens with zero attached hydrogens (tertiary/aromatic N) is 1. The van der Waals surface area contributed by atoms with Crippen molar-refractivity contribution in [3.63, 3.8) is 0 Å². The SMILES string of the molecule is CC(c1ccccc1C(F)(F)F)N(C(N)=S)c1ccccc1Cl. The van der Waals surface area contributed by atoms with E-state index in [2.05, 4.69) is 0 Å². The maximum Gasteiger partial charge on any atom is 0.416 e. The molecule has 0 aromatic heterocycles. The van der Waals surface area contributed by atoms with Gasteiger partial charge in [0.1, 0.15) is 0 Å². The molecule has 0 aliphatic heterocycles. The average Bonchev–Trinajstić information content (AvgIpc) is 2.48. The topological polar surface area (TPSA) is 29.3 Å². The molecule has 0 amide bonds. The van der Waals surface area contributed by atoms with Crippen molar-refractivity contribution in [2.75, 3.05) is 4.90 Å². The molecule has 0 saturated carbocycles. The van der Waals surface area contributed by atoms with Gasteiger partial charge in [-0.15, -0.1) is 0 Å². The van der Waals surface area contributed by atoms with E-state index in [0.717, 1.165) is 6.07 Å². The highest BCUT2D eigenvalue weighted by molar-refractivity contribution is 7.80. The van der Waals surface area contributed by atoms with E-state index < -0.39 is 17.8 Å². The fraction of sp³-hybridized carbons (Fsp3) is 0.188. The minimum atomic E-state index is -4.47. The molecule has 0 radical (unpaired) electrons. The standard InChI is InChI=1S/C16H14ClF3N2S/c1-10(11-6-2-3-7-12(11)16(18,19)20)22(15(21)23)14-9-5-4-8-13(14)17/h2-10H,1H3,(H2,21,23). The second kappa shape index (κ2) is 6.76. The van der Waals surface area contributed by atoms with Crippen molar-refractivity contribution in [1.29, 1.82) is 0 Å². The molecule has 122 valence electrons. The lowest BCUT2D eigenvalue weighted by molar-refractivity contribution is -0.138. The Bertz CT molecular complexity index is 718. The molecule has 2 N–H and O–H groups in total. The number of thiocarbonyl (C=S) groups is 1. The highest BCUT2D eigenvalue weighted by Crippen LogP contribution is 2.38. The van der Waals surface area contributed by atoms with Crippen LogP contribution in [0.1, 0.15) is 24.1 Å². The van der Waals surface area contributed by atoms with E-state index in [9.17, 15) is 13.2 Å². The third kappa shape index (κ3) is 3.76. The van der Waals surface area contributed by atoms with E-state index in [-0.39, 0.29) is 10.7 Å². The van der Waals surface area contributed by atoms with Gasteiger partial charge in [-0.2, -0.15) is 13.2 Å². The van der Waals surface area contributed by atoms with E-state index in [4.69, 9.17) is 29.6 Å². The van der Waals surface area contributed by atoms with Crippen LogP contribution in [0.4, 0.5) is 18.9 Å². The fourth-order valence-corrected chi connectivity index (χ4v) is 2.91. The summed E-state index contributed by atoms with van der Waals surface area (Å²) in [6.45, 7) is 1.60. The fourth-order valence-electron chi connectivity index (χ4n) is 2.42. The lowest BCUT2D eigenvalue weighted by Crippen LogP contribution is -2.38. The molecule has 1 atom stereocenters. The van der Waals surface area contributed by atoms with Crippen LogP contribution >= 0.6 is 23.8 Å². The summed E-state index contributed by atoms with van der Waals surface area (Å²) in [4.78, 5) is 1.42. The van der Waals surface area contributed by atoms with Gasteiger partial charge in [-0.25, -0.2) is 0 Å². The summed E-state index contributed by atoms with van der Waals surface area (Å²) in [6, 6.07) is 11.3. The third-order valence-electron chi connectivity index (χ3n) is 3.45. The van der Waals surface area contributed by atoms with Crippen LogP contribution in [0.25, 0.3) is 0 Å². The molecule has 1 unspecified atom stereocenters. The van der Waals surface area contributed by atoms with Gasteiger partial charge in [0, 0.05) is 0 Å². The van der Waals surface area contributed by atoms with Crippen LogP contribution < -0.4 is 10.6 Å². The Morgan fingerprint density at radius 1 is 1.13 bits per heavy atom. The van der Waals surface area contributed by atoms with Gasteiger partial charge in [0.15, 0.2) is 5.11 Å². The third-order valence-corrected chi connectivity index (χ3v) is 3.97. The maximum atomic E-state index is 13.2. The molecule has 2 aromatic carbocycles. The molecule has 2 aromatic rings.